The van der Waals surface area contributed by atoms with Crippen molar-refractivity contribution in [1.82, 2.24) is 9.55 Å². The predicted octanol–water partition coefficient (Wildman–Crippen LogP) is -0.751. The van der Waals surface area contributed by atoms with Crippen molar-refractivity contribution in [2.75, 3.05) is 13.2 Å². The van der Waals surface area contributed by atoms with Gasteiger partial charge in [0.05, 0.1) is 25.4 Å². The van der Waals surface area contributed by atoms with E-state index >= 15 is 0 Å². The Kier molecular flexibility index (Phi) is 3.21. The van der Waals surface area contributed by atoms with Crippen LogP contribution in [0.25, 0.3) is 0 Å². The summed E-state index contributed by atoms with van der Waals surface area (Å²) in [5.41, 5.74) is -0.810. The molecule has 16 heavy (non-hydrogen) atoms. The average Bonchev–Trinajstić information content (AvgIpc) is 2.29. The monoisotopic (exact) mass is 226 g/mol. The lowest BCUT2D eigenvalue weighted by atomic mass is 10.1. The minimum absolute atomic E-state index is 0.00718. The standard InChI is InChI=1S/C10H14N2O4/c13-5-8-2-1-7(6-16-8)12-4-3-9(14)11-10(12)15/h3-4,7-8,13H,1-2,5-6H2,(H,11,14,15). The van der Waals surface area contributed by atoms with E-state index in [1.165, 1.54) is 16.8 Å². The highest BCUT2D eigenvalue weighted by atomic mass is 16.5. The van der Waals surface area contributed by atoms with E-state index in [2.05, 4.69) is 4.98 Å². The van der Waals surface area contributed by atoms with E-state index in [1.807, 2.05) is 0 Å². The number of aromatic nitrogens is 2. The molecule has 0 aromatic carbocycles. The van der Waals surface area contributed by atoms with Crippen LogP contribution < -0.4 is 11.2 Å². The Balaban J connectivity index is 2.14. The lowest BCUT2D eigenvalue weighted by molar-refractivity contribution is -0.0398. The van der Waals surface area contributed by atoms with Crippen molar-refractivity contribution in [3.8, 4) is 0 Å². The first-order valence-corrected chi connectivity index (χ1v) is 5.24. The fourth-order valence-electron chi connectivity index (χ4n) is 1.87. The molecule has 2 heterocycles. The number of ether oxygens (including phenoxy) is 1. The number of nitrogens with zero attached hydrogens (tertiary/aromatic N) is 1. The SMILES string of the molecule is O=c1ccn(C2CCC(CO)OC2)c(=O)[nH]1. The summed E-state index contributed by atoms with van der Waals surface area (Å²) in [6, 6.07) is 1.26. The van der Waals surface area contributed by atoms with Crippen LogP contribution in [0.2, 0.25) is 0 Å². The molecule has 0 radical (unpaired) electrons. The van der Waals surface area contributed by atoms with Gasteiger partial charge < -0.3 is 9.84 Å². The first-order chi connectivity index (χ1) is 7.70. The van der Waals surface area contributed by atoms with Crippen LogP contribution in [-0.4, -0.2) is 34.0 Å². The Morgan fingerprint density at radius 3 is 2.88 bits per heavy atom. The third kappa shape index (κ3) is 2.23. The topological polar surface area (TPSA) is 84.3 Å². The molecule has 88 valence electrons. The normalized spacial score (nSPS) is 25.6. The third-order valence-electron chi connectivity index (χ3n) is 2.79. The third-order valence-corrected chi connectivity index (χ3v) is 2.79. The van der Waals surface area contributed by atoms with Gasteiger partial charge in [-0.1, -0.05) is 0 Å². The number of hydrogen-bond donors (Lipinski definition) is 2. The van der Waals surface area contributed by atoms with Crippen molar-refractivity contribution < 1.29 is 9.84 Å². The van der Waals surface area contributed by atoms with Gasteiger partial charge in [0.25, 0.3) is 5.56 Å². The first kappa shape index (κ1) is 11.1. The van der Waals surface area contributed by atoms with Gasteiger partial charge in [0.2, 0.25) is 0 Å². The first-order valence-electron chi connectivity index (χ1n) is 5.24. The summed E-state index contributed by atoms with van der Waals surface area (Å²) >= 11 is 0. The molecule has 6 nitrogen and oxygen atoms in total. The van der Waals surface area contributed by atoms with Gasteiger partial charge in [0, 0.05) is 12.3 Å². The molecule has 1 aliphatic rings. The number of hydrogen-bond acceptors (Lipinski definition) is 4. The molecule has 6 heteroatoms. The van der Waals surface area contributed by atoms with Gasteiger partial charge in [0.1, 0.15) is 0 Å². The molecule has 2 atom stereocenters. The number of H-pyrrole nitrogens is 1. The van der Waals surface area contributed by atoms with Gasteiger partial charge in [-0.25, -0.2) is 4.79 Å². The van der Waals surface area contributed by atoms with E-state index in [9.17, 15) is 9.59 Å². The van der Waals surface area contributed by atoms with Crippen molar-refractivity contribution in [2.24, 2.45) is 0 Å². The maximum absolute atomic E-state index is 11.5. The number of aliphatic hydroxyl groups excluding tert-OH is 1. The number of nitrogens with one attached hydrogen (secondary N) is 1. The highest BCUT2D eigenvalue weighted by molar-refractivity contribution is 4.87. The molecule has 2 N–H and O–H groups in total. The molecule has 0 bridgehead atoms. The molecule has 2 unspecified atom stereocenters. The van der Waals surface area contributed by atoms with Crippen LogP contribution in [-0.2, 0) is 4.74 Å². The zero-order chi connectivity index (χ0) is 11.5. The highest BCUT2D eigenvalue weighted by Gasteiger charge is 2.22. The van der Waals surface area contributed by atoms with Crippen molar-refractivity contribution >= 4 is 0 Å². The Hall–Kier alpha value is -1.40. The zero-order valence-corrected chi connectivity index (χ0v) is 8.76. The average molecular weight is 226 g/mol. The summed E-state index contributed by atoms with van der Waals surface area (Å²) in [6.07, 6.45) is 2.83. The molecule has 1 aromatic rings. The minimum Gasteiger partial charge on any atom is -0.394 e. The van der Waals surface area contributed by atoms with Crippen molar-refractivity contribution in [3.63, 3.8) is 0 Å². The second-order valence-electron chi connectivity index (χ2n) is 3.89. The molecule has 1 aliphatic heterocycles. The summed E-state index contributed by atoms with van der Waals surface area (Å²) in [5.74, 6) is 0. The number of aliphatic hydroxyl groups is 1. The molecule has 0 saturated carbocycles. The van der Waals surface area contributed by atoms with Crippen molar-refractivity contribution in [1.29, 1.82) is 0 Å². The lowest BCUT2D eigenvalue weighted by Gasteiger charge is -2.28. The van der Waals surface area contributed by atoms with Crippen LogP contribution >= 0.6 is 0 Å². The van der Waals surface area contributed by atoms with Gasteiger partial charge in [-0.2, -0.15) is 0 Å². The van der Waals surface area contributed by atoms with Crippen LogP contribution in [0.1, 0.15) is 18.9 Å². The summed E-state index contributed by atoms with van der Waals surface area (Å²) in [5, 5.41) is 8.90. The van der Waals surface area contributed by atoms with Crippen LogP contribution in [0.4, 0.5) is 0 Å². The predicted molar refractivity (Wildman–Crippen MR) is 56.4 cm³/mol. The molecular weight excluding hydrogens is 212 g/mol. The second kappa shape index (κ2) is 4.63. The van der Waals surface area contributed by atoms with Crippen LogP contribution in [0.3, 0.4) is 0 Å². The van der Waals surface area contributed by atoms with E-state index in [4.69, 9.17) is 9.84 Å². The fraction of sp³-hybridized carbons (Fsp3) is 0.600. The number of aromatic amines is 1. The van der Waals surface area contributed by atoms with E-state index in [0.717, 1.165) is 6.42 Å². The van der Waals surface area contributed by atoms with Crippen LogP contribution in [0, 0.1) is 0 Å². The molecule has 0 amide bonds. The largest absolute Gasteiger partial charge is 0.394 e. The fourth-order valence-corrected chi connectivity index (χ4v) is 1.87. The molecule has 1 aromatic heterocycles. The van der Waals surface area contributed by atoms with E-state index in [-0.39, 0.29) is 18.8 Å². The van der Waals surface area contributed by atoms with E-state index < -0.39 is 11.2 Å². The molecule has 2 rings (SSSR count). The highest BCUT2D eigenvalue weighted by Crippen LogP contribution is 2.21. The van der Waals surface area contributed by atoms with Gasteiger partial charge >= 0.3 is 5.69 Å². The van der Waals surface area contributed by atoms with Gasteiger partial charge in [-0.3, -0.25) is 14.3 Å². The summed E-state index contributed by atoms with van der Waals surface area (Å²) in [6.45, 7) is 0.393. The maximum atomic E-state index is 11.5. The van der Waals surface area contributed by atoms with E-state index in [1.54, 1.807) is 0 Å². The van der Waals surface area contributed by atoms with Crippen LogP contribution in [0.5, 0.6) is 0 Å². The lowest BCUT2D eigenvalue weighted by Crippen LogP contribution is -2.37. The Bertz CT molecular complexity index is 456. The van der Waals surface area contributed by atoms with Gasteiger partial charge in [-0.15, -0.1) is 0 Å². The smallest absolute Gasteiger partial charge is 0.328 e. The van der Waals surface area contributed by atoms with Gasteiger partial charge in [-0.05, 0) is 12.8 Å². The second-order valence-corrected chi connectivity index (χ2v) is 3.89. The number of rotatable bonds is 2. The Morgan fingerprint density at radius 2 is 2.31 bits per heavy atom. The summed E-state index contributed by atoms with van der Waals surface area (Å²) in [7, 11) is 0. The summed E-state index contributed by atoms with van der Waals surface area (Å²) < 4.78 is 6.84. The quantitative estimate of drug-likeness (QED) is 0.695. The Labute approximate surface area is 91.5 Å². The zero-order valence-electron chi connectivity index (χ0n) is 8.76. The minimum atomic E-state index is -0.413. The molecule has 0 spiro atoms. The van der Waals surface area contributed by atoms with Crippen LogP contribution in [0.15, 0.2) is 21.9 Å². The molecular formula is C10H14N2O4. The maximum Gasteiger partial charge on any atom is 0.328 e. The molecule has 0 aliphatic carbocycles. The Morgan fingerprint density at radius 1 is 1.50 bits per heavy atom. The van der Waals surface area contributed by atoms with Gasteiger partial charge in [0.15, 0.2) is 0 Å². The van der Waals surface area contributed by atoms with Crippen molar-refractivity contribution in [2.45, 2.75) is 25.0 Å². The van der Waals surface area contributed by atoms with Crippen molar-refractivity contribution in [3.05, 3.63) is 33.1 Å². The molecule has 1 saturated heterocycles. The van der Waals surface area contributed by atoms with E-state index in [0.29, 0.717) is 13.0 Å². The summed E-state index contributed by atoms with van der Waals surface area (Å²) in [4.78, 5) is 24.6. The molecule has 1 fully saturated rings.